The van der Waals surface area contributed by atoms with Gasteiger partial charge < -0.3 is 4.74 Å². The van der Waals surface area contributed by atoms with Crippen molar-refractivity contribution in [3.8, 4) is 5.75 Å². The van der Waals surface area contributed by atoms with E-state index in [1.807, 2.05) is 0 Å². The summed E-state index contributed by atoms with van der Waals surface area (Å²) in [5.41, 5.74) is 1.84. The molecule has 7 heteroatoms. The van der Waals surface area contributed by atoms with Gasteiger partial charge in [-0.2, -0.15) is 13.2 Å². The Morgan fingerprint density at radius 1 is 1.41 bits per heavy atom. The summed E-state index contributed by atoms with van der Waals surface area (Å²) < 4.78 is 40.1. The van der Waals surface area contributed by atoms with E-state index in [0.29, 0.717) is 5.75 Å². The third kappa shape index (κ3) is 4.73. The highest BCUT2D eigenvalue weighted by Crippen LogP contribution is 2.14. The van der Waals surface area contributed by atoms with Crippen LogP contribution in [-0.2, 0) is 4.84 Å². The molecule has 0 unspecified atom stereocenters. The molecule has 0 aliphatic heterocycles. The van der Waals surface area contributed by atoms with Crippen LogP contribution < -0.4 is 10.2 Å². The normalized spacial score (nSPS) is 11.1. The van der Waals surface area contributed by atoms with Crippen molar-refractivity contribution in [1.29, 1.82) is 0 Å². The van der Waals surface area contributed by atoms with Gasteiger partial charge in [0.25, 0.3) is 5.91 Å². The fraction of sp³-hybridized carbons (Fsp3) is 0.300. The molecule has 1 rings (SSSR count). The first-order chi connectivity index (χ1) is 7.92. The molecular formula is C10H10F3NO3. The summed E-state index contributed by atoms with van der Waals surface area (Å²) >= 11 is 0. The van der Waals surface area contributed by atoms with Gasteiger partial charge in [0.05, 0.1) is 7.11 Å². The molecule has 0 spiro atoms. The predicted molar refractivity (Wildman–Crippen MR) is 52.5 cm³/mol. The quantitative estimate of drug-likeness (QED) is 0.829. The summed E-state index contributed by atoms with van der Waals surface area (Å²) in [5.74, 6) is -0.346. The van der Waals surface area contributed by atoms with E-state index in [0.717, 1.165) is 0 Å². The molecule has 1 aromatic rings. The number of rotatable bonds is 4. The van der Waals surface area contributed by atoms with Gasteiger partial charge in [-0.15, -0.1) is 0 Å². The van der Waals surface area contributed by atoms with E-state index < -0.39 is 18.7 Å². The van der Waals surface area contributed by atoms with Crippen molar-refractivity contribution >= 4 is 5.91 Å². The first-order valence-electron chi connectivity index (χ1n) is 4.55. The maximum Gasteiger partial charge on any atom is 0.414 e. The fourth-order valence-electron chi connectivity index (χ4n) is 1.01. The summed E-state index contributed by atoms with van der Waals surface area (Å²) in [5, 5.41) is 0. The highest BCUT2D eigenvalue weighted by atomic mass is 19.4. The van der Waals surface area contributed by atoms with Crippen LogP contribution >= 0.6 is 0 Å². The van der Waals surface area contributed by atoms with E-state index in [-0.39, 0.29) is 5.56 Å². The molecule has 1 N–H and O–H groups in total. The van der Waals surface area contributed by atoms with Crippen LogP contribution in [0.4, 0.5) is 13.2 Å². The molecule has 17 heavy (non-hydrogen) atoms. The number of hydrogen-bond acceptors (Lipinski definition) is 3. The highest BCUT2D eigenvalue weighted by molar-refractivity contribution is 5.93. The Labute approximate surface area is 95.3 Å². The van der Waals surface area contributed by atoms with Crippen LogP contribution in [0, 0.1) is 0 Å². The average molecular weight is 249 g/mol. The number of halogens is 3. The molecule has 4 nitrogen and oxygen atoms in total. The molecule has 94 valence electrons. The SMILES string of the molecule is COc1cccc(C(=O)NOCC(F)(F)F)c1. The number of carbonyl (C=O) groups excluding carboxylic acids is 1. The number of carbonyl (C=O) groups is 1. The molecule has 0 aliphatic carbocycles. The fourth-order valence-corrected chi connectivity index (χ4v) is 1.01. The summed E-state index contributed by atoms with van der Waals surface area (Å²) in [7, 11) is 1.41. The summed E-state index contributed by atoms with van der Waals surface area (Å²) in [4.78, 5) is 15.4. The second-order valence-electron chi connectivity index (χ2n) is 3.07. The number of nitrogens with one attached hydrogen (secondary N) is 1. The van der Waals surface area contributed by atoms with Gasteiger partial charge in [0.2, 0.25) is 0 Å². The van der Waals surface area contributed by atoms with Gasteiger partial charge in [-0.25, -0.2) is 5.48 Å². The van der Waals surface area contributed by atoms with Gasteiger partial charge in [-0.1, -0.05) is 6.07 Å². The Hall–Kier alpha value is -1.76. The lowest BCUT2D eigenvalue weighted by molar-refractivity contribution is -0.184. The summed E-state index contributed by atoms with van der Waals surface area (Å²) in [6.45, 7) is -1.54. The summed E-state index contributed by atoms with van der Waals surface area (Å²) in [6, 6.07) is 5.95. The van der Waals surface area contributed by atoms with E-state index >= 15 is 0 Å². The molecule has 0 fully saturated rings. The number of amides is 1. The maximum atomic E-state index is 11.7. The largest absolute Gasteiger partial charge is 0.497 e. The third-order valence-electron chi connectivity index (χ3n) is 1.73. The second-order valence-corrected chi connectivity index (χ2v) is 3.07. The van der Waals surface area contributed by atoms with Crippen LogP contribution in [0.3, 0.4) is 0 Å². The number of benzene rings is 1. The first kappa shape index (κ1) is 13.3. The van der Waals surface area contributed by atoms with Gasteiger partial charge in [0.15, 0.2) is 6.61 Å². The molecule has 0 saturated heterocycles. The number of hydrogen-bond donors (Lipinski definition) is 1. The second kappa shape index (κ2) is 5.53. The lowest BCUT2D eigenvalue weighted by Gasteiger charge is -2.08. The van der Waals surface area contributed by atoms with Gasteiger partial charge in [0, 0.05) is 5.56 Å². The minimum absolute atomic E-state index is 0.145. The first-order valence-corrected chi connectivity index (χ1v) is 4.55. The molecular weight excluding hydrogens is 239 g/mol. The van der Waals surface area contributed by atoms with Crippen LogP contribution in [0.2, 0.25) is 0 Å². The van der Waals surface area contributed by atoms with Gasteiger partial charge in [-0.05, 0) is 18.2 Å². The van der Waals surface area contributed by atoms with E-state index in [4.69, 9.17) is 4.74 Å². The van der Waals surface area contributed by atoms with Crippen LogP contribution in [-0.4, -0.2) is 25.8 Å². The Kier molecular flexibility index (Phi) is 4.33. The Morgan fingerprint density at radius 2 is 2.12 bits per heavy atom. The number of hydroxylamine groups is 1. The Balaban J connectivity index is 2.52. The topological polar surface area (TPSA) is 47.6 Å². The zero-order valence-corrected chi connectivity index (χ0v) is 8.88. The van der Waals surface area contributed by atoms with E-state index in [9.17, 15) is 18.0 Å². The van der Waals surface area contributed by atoms with Crippen LogP contribution in [0.5, 0.6) is 5.75 Å². The van der Waals surface area contributed by atoms with Gasteiger partial charge >= 0.3 is 6.18 Å². The Bertz CT molecular complexity index is 393. The molecule has 1 amide bonds. The lowest BCUT2D eigenvalue weighted by Crippen LogP contribution is -2.29. The number of methoxy groups -OCH3 is 1. The minimum Gasteiger partial charge on any atom is -0.497 e. The van der Waals surface area contributed by atoms with Crippen molar-refractivity contribution in [2.24, 2.45) is 0 Å². The molecule has 0 aliphatic rings. The molecule has 0 aromatic heterocycles. The predicted octanol–water partition coefficient (Wildman–Crippen LogP) is 1.92. The van der Waals surface area contributed by atoms with E-state index in [1.165, 1.54) is 25.3 Å². The van der Waals surface area contributed by atoms with Crippen molar-refractivity contribution < 1.29 is 27.5 Å². The lowest BCUT2D eigenvalue weighted by atomic mass is 10.2. The van der Waals surface area contributed by atoms with Crippen LogP contribution in [0.15, 0.2) is 24.3 Å². The molecule has 0 bridgehead atoms. The van der Waals surface area contributed by atoms with E-state index in [2.05, 4.69) is 4.84 Å². The Morgan fingerprint density at radius 3 is 2.71 bits per heavy atom. The van der Waals surface area contributed by atoms with Crippen LogP contribution in [0.1, 0.15) is 10.4 Å². The van der Waals surface area contributed by atoms with Gasteiger partial charge in [0.1, 0.15) is 5.75 Å². The molecule has 0 radical (unpaired) electrons. The smallest absolute Gasteiger partial charge is 0.414 e. The molecule has 0 saturated carbocycles. The third-order valence-corrected chi connectivity index (χ3v) is 1.73. The number of ether oxygens (including phenoxy) is 1. The van der Waals surface area contributed by atoms with Crippen LogP contribution in [0.25, 0.3) is 0 Å². The zero-order valence-electron chi connectivity index (χ0n) is 8.88. The van der Waals surface area contributed by atoms with Crippen molar-refractivity contribution in [2.75, 3.05) is 13.7 Å². The highest BCUT2D eigenvalue weighted by Gasteiger charge is 2.28. The minimum atomic E-state index is -4.48. The van der Waals surface area contributed by atoms with Crippen molar-refractivity contribution in [1.82, 2.24) is 5.48 Å². The standard InChI is InChI=1S/C10H10F3NO3/c1-16-8-4-2-3-7(5-8)9(15)14-17-6-10(11,12)13/h2-5H,6H2,1H3,(H,14,15). The monoisotopic (exact) mass is 249 g/mol. The van der Waals surface area contributed by atoms with Crippen molar-refractivity contribution in [3.05, 3.63) is 29.8 Å². The molecule has 1 aromatic carbocycles. The summed E-state index contributed by atoms with van der Waals surface area (Å²) in [6.07, 6.45) is -4.48. The maximum absolute atomic E-state index is 11.7. The zero-order chi connectivity index (χ0) is 12.9. The molecule has 0 atom stereocenters. The van der Waals surface area contributed by atoms with E-state index in [1.54, 1.807) is 11.5 Å². The van der Waals surface area contributed by atoms with Gasteiger partial charge in [-0.3, -0.25) is 9.63 Å². The van der Waals surface area contributed by atoms with Crippen molar-refractivity contribution in [3.63, 3.8) is 0 Å². The van der Waals surface area contributed by atoms with Crippen molar-refractivity contribution in [2.45, 2.75) is 6.18 Å². The average Bonchev–Trinajstić information content (AvgIpc) is 2.27. The molecule has 0 heterocycles. The number of alkyl halides is 3.